The summed E-state index contributed by atoms with van der Waals surface area (Å²) in [7, 11) is 0. The van der Waals surface area contributed by atoms with Gasteiger partial charge in [-0.3, -0.25) is 9.59 Å². The van der Waals surface area contributed by atoms with Gasteiger partial charge in [-0.1, -0.05) is 12.1 Å². The van der Waals surface area contributed by atoms with Gasteiger partial charge in [0.2, 0.25) is 5.91 Å². The maximum absolute atomic E-state index is 14.0. The normalized spacial score (nSPS) is 22.7. The molecule has 0 N–H and O–H groups in total. The lowest BCUT2D eigenvalue weighted by atomic mass is 9.78. The van der Waals surface area contributed by atoms with Crippen LogP contribution in [0.15, 0.2) is 35.0 Å². The second-order valence-electron chi connectivity index (χ2n) is 7.31. The molecule has 0 bridgehead atoms. The fourth-order valence-electron chi connectivity index (χ4n) is 4.17. The molecule has 2 saturated heterocycles. The summed E-state index contributed by atoms with van der Waals surface area (Å²) in [6, 6.07) is 5.83. The van der Waals surface area contributed by atoms with E-state index >= 15 is 0 Å². The third kappa shape index (κ3) is 3.25. The van der Waals surface area contributed by atoms with E-state index in [9.17, 15) is 18.4 Å². The van der Waals surface area contributed by atoms with Crippen molar-refractivity contribution < 1.29 is 18.4 Å². The molecular weight excluding hydrogens is 370 g/mol. The number of likely N-dealkylation sites (tertiary alicyclic amines) is 2. The van der Waals surface area contributed by atoms with E-state index in [2.05, 4.69) is 0 Å². The van der Waals surface area contributed by atoms with Crippen molar-refractivity contribution in [2.24, 2.45) is 5.41 Å². The van der Waals surface area contributed by atoms with Crippen molar-refractivity contribution in [2.75, 3.05) is 19.6 Å². The summed E-state index contributed by atoms with van der Waals surface area (Å²) < 4.78 is 27.5. The van der Waals surface area contributed by atoms with Crippen LogP contribution >= 0.6 is 11.3 Å². The first-order valence-electron chi connectivity index (χ1n) is 9.04. The molecule has 4 rings (SSSR count). The molecule has 7 heteroatoms. The molecule has 1 atom stereocenters. The predicted molar refractivity (Wildman–Crippen MR) is 98.3 cm³/mol. The fraction of sp³-hybridized carbons (Fsp3) is 0.400. The number of rotatable bonds is 3. The topological polar surface area (TPSA) is 40.6 Å². The lowest BCUT2D eigenvalue weighted by Gasteiger charge is -2.39. The van der Waals surface area contributed by atoms with E-state index < -0.39 is 17.0 Å². The average Bonchev–Trinajstić information content (AvgIpc) is 3.33. The number of benzene rings is 1. The van der Waals surface area contributed by atoms with Crippen molar-refractivity contribution in [3.05, 3.63) is 57.8 Å². The molecule has 0 aliphatic carbocycles. The molecule has 27 heavy (non-hydrogen) atoms. The standard InChI is InChI=1S/C20H20F2N2O2S/c21-16-4-1-3-14(17(16)22)11-23-8-2-6-20(19(23)26)7-9-24(13-20)18(25)15-5-10-27-12-15/h1,3-5,10,12H,2,6-9,11,13H2/t20-/m1/s1. The summed E-state index contributed by atoms with van der Waals surface area (Å²) >= 11 is 1.47. The first-order valence-corrected chi connectivity index (χ1v) is 9.98. The maximum atomic E-state index is 14.0. The van der Waals surface area contributed by atoms with Gasteiger partial charge >= 0.3 is 0 Å². The van der Waals surface area contributed by atoms with Gasteiger partial charge in [0.15, 0.2) is 11.6 Å². The van der Waals surface area contributed by atoms with Gasteiger partial charge in [-0.15, -0.1) is 0 Å². The molecule has 2 aliphatic heterocycles. The van der Waals surface area contributed by atoms with Crippen molar-refractivity contribution >= 4 is 23.2 Å². The molecule has 142 valence electrons. The number of nitrogens with zero attached hydrogens (tertiary/aromatic N) is 2. The maximum Gasteiger partial charge on any atom is 0.254 e. The van der Waals surface area contributed by atoms with Crippen LogP contribution in [0.5, 0.6) is 0 Å². The molecule has 3 heterocycles. The van der Waals surface area contributed by atoms with E-state index in [0.29, 0.717) is 31.6 Å². The van der Waals surface area contributed by atoms with Crippen LogP contribution in [0.1, 0.15) is 35.2 Å². The largest absolute Gasteiger partial charge is 0.338 e. The van der Waals surface area contributed by atoms with Crippen molar-refractivity contribution in [3.8, 4) is 0 Å². The molecule has 2 aliphatic rings. The first-order chi connectivity index (χ1) is 13.0. The number of thiophene rings is 1. The Labute approximate surface area is 160 Å². The molecule has 0 radical (unpaired) electrons. The average molecular weight is 390 g/mol. The molecule has 2 fully saturated rings. The van der Waals surface area contributed by atoms with Gasteiger partial charge in [0.05, 0.1) is 11.0 Å². The third-order valence-electron chi connectivity index (χ3n) is 5.63. The number of carbonyl (C=O) groups is 2. The predicted octanol–water partition coefficient (Wildman–Crippen LogP) is 3.68. The Hall–Kier alpha value is -2.28. The summed E-state index contributed by atoms with van der Waals surface area (Å²) in [6.07, 6.45) is 2.13. The molecule has 0 unspecified atom stereocenters. The van der Waals surface area contributed by atoms with Gasteiger partial charge in [-0.05, 0) is 36.8 Å². The van der Waals surface area contributed by atoms with Crippen LogP contribution in [0.25, 0.3) is 0 Å². The third-order valence-corrected chi connectivity index (χ3v) is 6.31. The molecule has 4 nitrogen and oxygen atoms in total. The number of halogens is 2. The molecule has 1 spiro atoms. The monoisotopic (exact) mass is 390 g/mol. The Morgan fingerprint density at radius 2 is 2.04 bits per heavy atom. The zero-order valence-corrected chi connectivity index (χ0v) is 15.6. The minimum atomic E-state index is -0.903. The summed E-state index contributed by atoms with van der Waals surface area (Å²) in [5, 5.41) is 3.68. The van der Waals surface area contributed by atoms with E-state index in [4.69, 9.17) is 0 Å². The molecule has 0 saturated carbocycles. The van der Waals surface area contributed by atoms with Crippen LogP contribution < -0.4 is 0 Å². The molecule has 2 amide bonds. The van der Waals surface area contributed by atoms with Crippen LogP contribution in [-0.2, 0) is 11.3 Å². The highest BCUT2D eigenvalue weighted by atomic mass is 32.1. The van der Waals surface area contributed by atoms with E-state index in [1.54, 1.807) is 15.9 Å². The number of amides is 2. The Bertz CT molecular complexity index is 871. The lowest BCUT2D eigenvalue weighted by Crippen LogP contribution is -2.50. The van der Waals surface area contributed by atoms with Crippen molar-refractivity contribution in [3.63, 3.8) is 0 Å². The Morgan fingerprint density at radius 1 is 1.19 bits per heavy atom. The molecule has 1 aromatic heterocycles. The highest BCUT2D eigenvalue weighted by Crippen LogP contribution is 2.41. The van der Waals surface area contributed by atoms with Crippen molar-refractivity contribution in [1.82, 2.24) is 9.80 Å². The smallest absolute Gasteiger partial charge is 0.254 e. The first kappa shape index (κ1) is 18.1. The summed E-state index contributed by atoms with van der Waals surface area (Å²) in [6.45, 7) is 1.52. The van der Waals surface area contributed by atoms with E-state index in [0.717, 1.165) is 18.9 Å². The molecule has 1 aromatic carbocycles. The van der Waals surface area contributed by atoms with Gasteiger partial charge in [0.1, 0.15) is 0 Å². The SMILES string of the molecule is O=C(c1ccsc1)N1CC[C@]2(CCCN(Cc3cccc(F)c3F)C2=O)C1. The van der Waals surface area contributed by atoms with Gasteiger partial charge in [-0.2, -0.15) is 11.3 Å². The molecular formula is C20H20F2N2O2S. The highest BCUT2D eigenvalue weighted by molar-refractivity contribution is 7.08. The number of hydrogen-bond acceptors (Lipinski definition) is 3. The second-order valence-corrected chi connectivity index (χ2v) is 8.09. The second kappa shape index (κ2) is 7.03. The zero-order valence-electron chi connectivity index (χ0n) is 14.8. The van der Waals surface area contributed by atoms with Crippen LogP contribution in [-0.4, -0.2) is 41.2 Å². The van der Waals surface area contributed by atoms with Crippen LogP contribution in [0.4, 0.5) is 8.78 Å². The van der Waals surface area contributed by atoms with E-state index in [-0.39, 0.29) is 23.9 Å². The van der Waals surface area contributed by atoms with E-state index in [1.807, 2.05) is 10.8 Å². The van der Waals surface area contributed by atoms with Gasteiger partial charge < -0.3 is 9.80 Å². The minimum Gasteiger partial charge on any atom is -0.338 e. The minimum absolute atomic E-state index is 0.0470. The number of carbonyl (C=O) groups excluding carboxylic acids is 2. The summed E-state index contributed by atoms with van der Waals surface area (Å²) in [5.74, 6) is -1.90. The Kier molecular flexibility index (Phi) is 4.72. The quantitative estimate of drug-likeness (QED) is 0.802. The van der Waals surface area contributed by atoms with Gasteiger partial charge in [0.25, 0.3) is 5.91 Å². The van der Waals surface area contributed by atoms with Crippen LogP contribution in [0, 0.1) is 17.0 Å². The molecule has 2 aromatic rings. The van der Waals surface area contributed by atoms with Crippen molar-refractivity contribution in [1.29, 1.82) is 0 Å². The van der Waals surface area contributed by atoms with Gasteiger partial charge in [-0.25, -0.2) is 8.78 Å². The lowest BCUT2D eigenvalue weighted by molar-refractivity contribution is -0.146. The Balaban J connectivity index is 1.50. The van der Waals surface area contributed by atoms with Crippen LogP contribution in [0.3, 0.4) is 0 Å². The number of piperidine rings is 1. The zero-order chi connectivity index (χ0) is 19.0. The Morgan fingerprint density at radius 3 is 2.81 bits per heavy atom. The number of hydrogen-bond donors (Lipinski definition) is 0. The summed E-state index contributed by atoms with van der Waals surface area (Å²) in [5.41, 5.74) is 0.233. The van der Waals surface area contributed by atoms with E-state index in [1.165, 1.54) is 23.5 Å². The summed E-state index contributed by atoms with van der Waals surface area (Å²) in [4.78, 5) is 29.1. The van der Waals surface area contributed by atoms with Gasteiger partial charge in [0, 0.05) is 37.1 Å². The highest BCUT2D eigenvalue weighted by Gasteiger charge is 2.49. The fourth-order valence-corrected chi connectivity index (χ4v) is 4.80. The van der Waals surface area contributed by atoms with Crippen molar-refractivity contribution in [2.45, 2.75) is 25.8 Å². The van der Waals surface area contributed by atoms with Crippen LogP contribution in [0.2, 0.25) is 0 Å².